The molecule has 0 aromatic heterocycles. The van der Waals surface area contributed by atoms with E-state index in [4.69, 9.17) is 4.74 Å². The van der Waals surface area contributed by atoms with Crippen LogP contribution in [0.2, 0.25) is 0 Å². The minimum atomic E-state index is -0.325. The standard InChI is InChI=1S/C12H16O2/c1-8-3-4-9-5-6-10(14-2)7-11(9)12(8)13/h5-8,12-13H,3-4H2,1-2H3/t8-,12+/m0/s1. The number of aliphatic hydroxyl groups excluding tert-OH is 1. The molecule has 14 heavy (non-hydrogen) atoms. The summed E-state index contributed by atoms with van der Waals surface area (Å²) < 4.78 is 5.15. The third-order valence-corrected chi connectivity index (χ3v) is 3.08. The molecule has 0 spiro atoms. The first-order valence-electron chi connectivity index (χ1n) is 5.07. The molecule has 0 fully saturated rings. The molecule has 0 amide bonds. The van der Waals surface area contributed by atoms with Crippen LogP contribution in [0.3, 0.4) is 0 Å². The Morgan fingerprint density at radius 1 is 1.43 bits per heavy atom. The average molecular weight is 192 g/mol. The summed E-state index contributed by atoms with van der Waals surface area (Å²) in [6.07, 6.45) is 1.81. The number of rotatable bonds is 1. The Kier molecular flexibility index (Phi) is 2.46. The molecule has 1 N–H and O–H groups in total. The zero-order valence-electron chi connectivity index (χ0n) is 8.66. The van der Waals surface area contributed by atoms with Gasteiger partial charge >= 0.3 is 0 Å². The van der Waals surface area contributed by atoms with Gasteiger partial charge in [0, 0.05) is 0 Å². The Morgan fingerprint density at radius 3 is 2.93 bits per heavy atom. The predicted molar refractivity (Wildman–Crippen MR) is 55.4 cm³/mol. The monoisotopic (exact) mass is 192 g/mol. The molecule has 76 valence electrons. The van der Waals surface area contributed by atoms with Crippen LogP contribution in [0.4, 0.5) is 0 Å². The van der Waals surface area contributed by atoms with Crippen molar-refractivity contribution in [1.82, 2.24) is 0 Å². The average Bonchev–Trinajstić information content (AvgIpc) is 2.23. The van der Waals surface area contributed by atoms with Gasteiger partial charge in [-0.15, -0.1) is 0 Å². The highest BCUT2D eigenvalue weighted by Crippen LogP contribution is 2.35. The Hall–Kier alpha value is -1.02. The summed E-state index contributed by atoms with van der Waals surface area (Å²) in [5.41, 5.74) is 2.31. The smallest absolute Gasteiger partial charge is 0.119 e. The SMILES string of the molecule is COc1ccc2c(c1)[C@H](O)[C@@H](C)CC2. The number of benzene rings is 1. The van der Waals surface area contributed by atoms with Gasteiger partial charge in [0.05, 0.1) is 13.2 Å². The summed E-state index contributed by atoms with van der Waals surface area (Å²) in [5, 5.41) is 9.99. The third kappa shape index (κ3) is 1.50. The van der Waals surface area contributed by atoms with Gasteiger partial charge in [-0.1, -0.05) is 13.0 Å². The Morgan fingerprint density at radius 2 is 2.21 bits per heavy atom. The first kappa shape index (κ1) is 9.53. The van der Waals surface area contributed by atoms with Gasteiger partial charge in [-0.05, 0) is 42.0 Å². The number of ether oxygens (including phenoxy) is 1. The van der Waals surface area contributed by atoms with Crippen molar-refractivity contribution in [3.63, 3.8) is 0 Å². The number of fused-ring (bicyclic) bond motifs is 1. The second kappa shape index (κ2) is 3.62. The molecule has 1 aliphatic rings. The van der Waals surface area contributed by atoms with Crippen molar-refractivity contribution < 1.29 is 9.84 Å². The van der Waals surface area contributed by atoms with Crippen molar-refractivity contribution >= 4 is 0 Å². The molecular weight excluding hydrogens is 176 g/mol. The highest BCUT2D eigenvalue weighted by Gasteiger charge is 2.24. The molecular formula is C12H16O2. The molecule has 0 heterocycles. The van der Waals surface area contributed by atoms with E-state index in [-0.39, 0.29) is 6.10 Å². The fraction of sp³-hybridized carbons (Fsp3) is 0.500. The lowest BCUT2D eigenvalue weighted by molar-refractivity contribution is 0.103. The zero-order valence-corrected chi connectivity index (χ0v) is 8.66. The molecule has 0 radical (unpaired) electrons. The maximum atomic E-state index is 9.99. The van der Waals surface area contributed by atoms with Gasteiger partial charge in [0.25, 0.3) is 0 Å². The molecule has 1 aromatic rings. The quantitative estimate of drug-likeness (QED) is 0.740. The van der Waals surface area contributed by atoms with E-state index in [1.165, 1.54) is 5.56 Å². The van der Waals surface area contributed by atoms with E-state index in [0.29, 0.717) is 5.92 Å². The van der Waals surface area contributed by atoms with Crippen LogP contribution in [0.1, 0.15) is 30.6 Å². The second-order valence-electron chi connectivity index (χ2n) is 4.03. The summed E-state index contributed by atoms with van der Waals surface area (Å²) in [4.78, 5) is 0. The van der Waals surface area contributed by atoms with Gasteiger partial charge < -0.3 is 9.84 Å². The Bertz CT molecular complexity index is 333. The molecule has 2 atom stereocenters. The summed E-state index contributed by atoms with van der Waals surface area (Å²) in [7, 11) is 1.65. The molecule has 2 heteroatoms. The molecule has 0 unspecified atom stereocenters. The molecule has 0 aliphatic heterocycles. The van der Waals surface area contributed by atoms with Crippen LogP contribution in [-0.2, 0) is 6.42 Å². The van der Waals surface area contributed by atoms with E-state index in [9.17, 15) is 5.11 Å². The lowest BCUT2D eigenvalue weighted by Gasteiger charge is -2.27. The van der Waals surface area contributed by atoms with Crippen LogP contribution < -0.4 is 4.74 Å². The highest BCUT2D eigenvalue weighted by atomic mass is 16.5. The van der Waals surface area contributed by atoms with E-state index in [0.717, 1.165) is 24.2 Å². The van der Waals surface area contributed by atoms with E-state index in [1.807, 2.05) is 12.1 Å². The van der Waals surface area contributed by atoms with Gasteiger partial charge in [0.1, 0.15) is 5.75 Å². The first-order valence-corrected chi connectivity index (χ1v) is 5.07. The van der Waals surface area contributed by atoms with Gasteiger partial charge in [-0.3, -0.25) is 0 Å². The van der Waals surface area contributed by atoms with Gasteiger partial charge in [0.15, 0.2) is 0 Å². The van der Waals surface area contributed by atoms with Gasteiger partial charge in [-0.2, -0.15) is 0 Å². The second-order valence-corrected chi connectivity index (χ2v) is 4.03. The van der Waals surface area contributed by atoms with Crippen LogP contribution in [0, 0.1) is 5.92 Å². The number of hydrogen-bond donors (Lipinski definition) is 1. The van der Waals surface area contributed by atoms with E-state index >= 15 is 0 Å². The van der Waals surface area contributed by atoms with E-state index < -0.39 is 0 Å². The Labute approximate surface area is 84.5 Å². The van der Waals surface area contributed by atoms with E-state index in [1.54, 1.807) is 7.11 Å². The fourth-order valence-corrected chi connectivity index (χ4v) is 2.05. The molecule has 0 saturated heterocycles. The predicted octanol–water partition coefficient (Wildman–Crippen LogP) is 2.31. The van der Waals surface area contributed by atoms with Gasteiger partial charge in [-0.25, -0.2) is 0 Å². The maximum Gasteiger partial charge on any atom is 0.119 e. The molecule has 2 rings (SSSR count). The van der Waals surface area contributed by atoms with Crippen LogP contribution in [0.25, 0.3) is 0 Å². The van der Waals surface area contributed by atoms with Crippen molar-refractivity contribution in [3.05, 3.63) is 29.3 Å². The fourth-order valence-electron chi connectivity index (χ4n) is 2.05. The van der Waals surface area contributed by atoms with Crippen LogP contribution in [0.5, 0.6) is 5.75 Å². The number of methoxy groups -OCH3 is 1. The molecule has 2 nitrogen and oxygen atoms in total. The summed E-state index contributed by atoms with van der Waals surface area (Å²) in [5.74, 6) is 1.19. The van der Waals surface area contributed by atoms with Gasteiger partial charge in [0.2, 0.25) is 0 Å². The van der Waals surface area contributed by atoms with Crippen molar-refractivity contribution in [1.29, 1.82) is 0 Å². The van der Waals surface area contributed by atoms with Crippen LogP contribution in [0.15, 0.2) is 18.2 Å². The van der Waals surface area contributed by atoms with Crippen molar-refractivity contribution in [2.45, 2.75) is 25.9 Å². The lowest BCUT2D eigenvalue weighted by Crippen LogP contribution is -2.17. The maximum absolute atomic E-state index is 9.99. The Balaban J connectivity index is 2.41. The molecule has 0 bridgehead atoms. The topological polar surface area (TPSA) is 29.5 Å². The van der Waals surface area contributed by atoms with Crippen molar-refractivity contribution in [3.8, 4) is 5.75 Å². The zero-order chi connectivity index (χ0) is 10.1. The summed E-state index contributed by atoms with van der Waals surface area (Å²) in [6.45, 7) is 2.09. The minimum absolute atomic E-state index is 0.325. The van der Waals surface area contributed by atoms with Crippen LogP contribution >= 0.6 is 0 Å². The number of aryl methyl sites for hydroxylation is 1. The summed E-state index contributed by atoms with van der Waals surface area (Å²) >= 11 is 0. The lowest BCUT2D eigenvalue weighted by atomic mass is 9.82. The number of aliphatic hydroxyl groups is 1. The normalized spacial score (nSPS) is 25.6. The van der Waals surface area contributed by atoms with Crippen molar-refractivity contribution in [2.75, 3.05) is 7.11 Å². The van der Waals surface area contributed by atoms with E-state index in [2.05, 4.69) is 13.0 Å². The molecule has 0 saturated carbocycles. The molecule has 1 aromatic carbocycles. The number of hydrogen-bond acceptors (Lipinski definition) is 2. The van der Waals surface area contributed by atoms with Crippen LogP contribution in [-0.4, -0.2) is 12.2 Å². The first-order chi connectivity index (χ1) is 6.72. The largest absolute Gasteiger partial charge is 0.497 e. The minimum Gasteiger partial charge on any atom is -0.497 e. The highest BCUT2D eigenvalue weighted by molar-refractivity contribution is 5.38. The van der Waals surface area contributed by atoms with Crippen molar-refractivity contribution in [2.24, 2.45) is 5.92 Å². The molecule has 1 aliphatic carbocycles. The summed E-state index contributed by atoms with van der Waals surface area (Å²) in [6, 6.07) is 5.97. The third-order valence-electron chi connectivity index (χ3n) is 3.08.